The molecule has 1 heterocycles. The van der Waals surface area contributed by atoms with Crippen LogP contribution < -0.4 is 0 Å². The Kier molecular flexibility index (Phi) is 27.7. The Hall–Kier alpha value is 0.228. The fourth-order valence-electron chi connectivity index (χ4n) is 5.05. The summed E-state index contributed by atoms with van der Waals surface area (Å²) in [5, 5.41) is 19.1. The predicted octanol–water partition coefficient (Wildman–Crippen LogP) is 1.44. The molecular weight excluding hydrogens is 765 g/mol. The van der Waals surface area contributed by atoms with Crippen molar-refractivity contribution in [2.24, 2.45) is 0 Å². The van der Waals surface area contributed by atoms with Crippen LogP contribution in [0.4, 0.5) is 0 Å². The molecule has 318 valence electrons. The summed E-state index contributed by atoms with van der Waals surface area (Å²) in [4.78, 5) is 30.8. The van der Waals surface area contributed by atoms with Crippen molar-refractivity contribution >= 4 is 33.8 Å². The van der Waals surface area contributed by atoms with E-state index in [0.717, 1.165) is 12.5 Å². The number of hydrogen-bond donors (Lipinski definition) is 5. The van der Waals surface area contributed by atoms with Crippen LogP contribution in [0.2, 0.25) is 50.4 Å². The summed E-state index contributed by atoms with van der Waals surface area (Å²) in [7, 11) is -5.41. The maximum absolute atomic E-state index is 10.3. The molecule has 53 heavy (non-hydrogen) atoms. The van der Waals surface area contributed by atoms with Crippen molar-refractivity contribution in [1.82, 2.24) is 0 Å². The van der Waals surface area contributed by atoms with Crippen LogP contribution in [0.25, 0.3) is 0 Å². The molecule has 0 amide bonds. The molecule has 16 nitrogen and oxygen atoms in total. The van der Waals surface area contributed by atoms with Crippen LogP contribution in [0, 0.1) is 0 Å². The summed E-state index contributed by atoms with van der Waals surface area (Å²) in [6.45, 7) is 10.8. The molecule has 0 aromatic rings. The number of rotatable bonds is 29. The van der Waals surface area contributed by atoms with E-state index >= 15 is 0 Å². The molecule has 0 spiro atoms. The first-order valence-corrected chi connectivity index (χ1v) is 29.7. The minimum atomic E-state index is -2.67. The van der Waals surface area contributed by atoms with Gasteiger partial charge in [0.25, 0.3) is 0 Å². The molecule has 1 aliphatic rings. The van der Waals surface area contributed by atoms with Crippen molar-refractivity contribution in [1.29, 1.82) is 0 Å². The molecule has 5 N–H and O–H groups in total. The Labute approximate surface area is 322 Å². The summed E-state index contributed by atoms with van der Waals surface area (Å²) >= 11 is 0. The van der Waals surface area contributed by atoms with Crippen LogP contribution in [0.3, 0.4) is 0 Å². The SMILES string of the molecule is CO[Si](C)(O)CCCOCC1COC(COCCC[Si](C)(O)CO)COC(COCCC[Si](C)(O)OC)COC(COCCC[Si](C)(CO)OC)CO1. The van der Waals surface area contributed by atoms with Gasteiger partial charge in [0.15, 0.2) is 0 Å². The van der Waals surface area contributed by atoms with E-state index in [1.165, 1.54) is 14.2 Å². The fraction of sp³-hybridized carbons (Fsp3) is 1.00. The van der Waals surface area contributed by atoms with E-state index in [4.69, 9.17) is 51.2 Å². The van der Waals surface area contributed by atoms with Crippen molar-refractivity contribution in [2.45, 2.75) is 100 Å². The number of ether oxygens (including phenoxy) is 8. The first kappa shape index (κ1) is 51.2. The summed E-state index contributed by atoms with van der Waals surface area (Å²) in [6, 6.07) is 2.40. The average molecular weight is 839 g/mol. The lowest BCUT2D eigenvalue weighted by Gasteiger charge is -2.29. The molecule has 0 aromatic heterocycles. The van der Waals surface area contributed by atoms with Gasteiger partial charge in [-0.15, -0.1) is 0 Å². The zero-order valence-electron chi connectivity index (χ0n) is 33.6. The standard InChI is InChI=1S/C33H74O16Si4/c1-39-51(5,29-35)17-9-13-43-21-31-25-49-32(22-44-14-10-18-52(6,37)40-2)26-46-30(20-42-12-8-16-50(4,36)28-34)24-48-33(27-47-31)23-45-15-11-19-53(7,38)41-3/h30-38H,8-29H2,1-7H3. The second kappa shape index (κ2) is 28.6. The van der Waals surface area contributed by atoms with Crippen molar-refractivity contribution in [3.8, 4) is 0 Å². The third-order valence-electron chi connectivity index (χ3n) is 9.19. The first-order valence-electron chi connectivity index (χ1n) is 18.9. The van der Waals surface area contributed by atoms with Gasteiger partial charge in [0.1, 0.15) is 24.4 Å². The summed E-state index contributed by atoms with van der Waals surface area (Å²) in [5.41, 5.74) is 0. The zero-order valence-corrected chi connectivity index (χ0v) is 37.6. The van der Waals surface area contributed by atoms with E-state index in [0.29, 0.717) is 63.8 Å². The normalized spacial score (nSPS) is 25.4. The van der Waals surface area contributed by atoms with E-state index in [9.17, 15) is 24.6 Å². The smallest absolute Gasteiger partial charge is 0.332 e. The lowest BCUT2D eigenvalue weighted by Crippen LogP contribution is -2.40. The van der Waals surface area contributed by atoms with Crippen LogP contribution in [-0.4, -0.2) is 196 Å². The maximum atomic E-state index is 10.3. The highest BCUT2D eigenvalue weighted by Crippen LogP contribution is 2.15. The average Bonchev–Trinajstić information content (AvgIpc) is 3.13. The van der Waals surface area contributed by atoms with Gasteiger partial charge in [0.2, 0.25) is 16.6 Å². The van der Waals surface area contributed by atoms with Gasteiger partial charge < -0.3 is 75.8 Å². The Balaban J connectivity index is 2.95. The van der Waals surface area contributed by atoms with Gasteiger partial charge in [-0.1, -0.05) is 0 Å². The van der Waals surface area contributed by atoms with Gasteiger partial charge in [-0.2, -0.15) is 0 Å². The lowest BCUT2D eigenvalue weighted by molar-refractivity contribution is -0.166. The lowest BCUT2D eigenvalue weighted by atomic mass is 10.3. The third-order valence-corrected chi connectivity index (χ3v) is 18.7. The van der Waals surface area contributed by atoms with Crippen molar-refractivity contribution in [3.63, 3.8) is 0 Å². The minimum absolute atomic E-state index is 0.0571. The van der Waals surface area contributed by atoms with E-state index in [-0.39, 0.29) is 65.3 Å². The predicted molar refractivity (Wildman–Crippen MR) is 208 cm³/mol. The summed E-state index contributed by atoms with van der Waals surface area (Å²) < 4.78 is 65.1. The topological polar surface area (TPSA) is 203 Å². The second-order valence-corrected chi connectivity index (χ2v) is 29.2. The highest BCUT2D eigenvalue weighted by molar-refractivity contribution is 6.72. The Morgan fingerprint density at radius 2 is 0.792 bits per heavy atom. The van der Waals surface area contributed by atoms with Crippen molar-refractivity contribution < 1.29 is 75.8 Å². The number of aliphatic hydroxyl groups excluding tert-OH is 2. The molecule has 0 aliphatic carbocycles. The van der Waals surface area contributed by atoms with E-state index in [1.54, 1.807) is 26.8 Å². The van der Waals surface area contributed by atoms with Gasteiger partial charge in [-0.3, -0.25) is 0 Å². The maximum Gasteiger partial charge on any atom is 0.332 e. The van der Waals surface area contributed by atoms with Crippen LogP contribution in [-0.2, 0) is 51.2 Å². The second-order valence-electron chi connectivity index (χ2n) is 14.8. The summed E-state index contributed by atoms with van der Waals surface area (Å²) in [6.07, 6.45) is 0.810. The molecule has 0 aromatic carbocycles. The Morgan fingerprint density at radius 1 is 0.472 bits per heavy atom. The monoisotopic (exact) mass is 838 g/mol. The van der Waals surface area contributed by atoms with Crippen molar-refractivity contribution in [3.05, 3.63) is 0 Å². The van der Waals surface area contributed by atoms with E-state index in [2.05, 4.69) is 0 Å². The minimum Gasteiger partial charge on any atom is -0.430 e. The van der Waals surface area contributed by atoms with Gasteiger partial charge in [-0.05, 0) is 76.0 Å². The quantitative estimate of drug-likeness (QED) is 0.0535. The molecule has 1 aliphatic heterocycles. The molecule has 1 rings (SSSR count). The van der Waals surface area contributed by atoms with Crippen molar-refractivity contribution in [2.75, 3.05) is 113 Å². The van der Waals surface area contributed by atoms with Crippen LogP contribution in [0.1, 0.15) is 25.7 Å². The number of hydrogen-bond acceptors (Lipinski definition) is 16. The molecular formula is C33H74O16Si4. The molecule has 20 heteroatoms. The Bertz CT molecular complexity index is 848. The van der Waals surface area contributed by atoms with Gasteiger partial charge in [0, 0.05) is 47.8 Å². The van der Waals surface area contributed by atoms with E-state index < -0.39 is 58.2 Å². The summed E-state index contributed by atoms with van der Waals surface area (Å²) in [5.74, 6) is 0. The Morgan fingerprint density at radius 3 is 1.08 bits per heavy atom. The van der Waals surface area contributed by atoms with E-state index in [1.807, 2.05) is 6.55 Å². The third kappa shape index (κ3) is 26.0. The highest BCUT2D eigenvalue weighted by Gasteiger charge is 2.28. The van der Waals surface area contributed by atoms with Crippen LogP contribution >= 0.6 is 0 Å². The van der Waals surface area contributed by atoms with Crippen LogP contribution in [0.15, 0.2) is 0 Å². The molecule has 8 atom stereocenters. The largest absolute Gasteiger partial charge is 0.430 e. The molecule has 0 bridgehead atoms. The molecule has 1 fully saturated rings. The fourth-order valence-corrected chi connectivity index (χ4v) is 9.50. The van der Waals surface area contributed by atoms with Gasteiger partial charge in [-0.25, -0.2) is 0 Å². The molecule has 8 unspecified atom stereocenters. The zero-order chi connectivity index (χ0) is 39.6. The first-order chi connectivity index (χ1) is 25.1. The highest BCUT2D eigenvalue weighted by atomic mass is 28.4. The van der Waals surface area contributed by atoms with Crippen LogP contribution in [0.5, 0.6) is 0 Å². The molecule has 0 radical (unpaired) electrons. The molecule has 0 saturated carbocycles. The number of aliphatic hydroxyl groups is 2. The van der Waals surface area contributed by atoms with Gasteiger partial charge in [0.05, 0.1) is 65.3 Å². The molecule has 1 saturated heterocycles. The van der Waals surface area contributed by atoms with Gasteiger partial charge >= 0.3 is 17.1 Å².